The summed E-state index contributed by atoms with van der Waals surface area (Å²) in [4.78, 5) is 0. The molecule has 7 aromatic rings. The zero-order valence-electron chi connectivity index (χ0n) is 23.4. The molecule has 7 aromatic carbocycles. The van der Waals surface area contributed by atoms with Crippen LogP contribution in [0.2, 0.25) is 0 Å². The Kier molecular flexibility index (Phi) is 5.73. The Labute approximate surface area is 247 Å². The summed E-state index contributed by atoms with van der Waals surface area (Å²) in [5.74, 6) is 0.910. The van der Waals surface area contributed by atoms with Gasteiger partial charge in [-0.15, -0.1) is 0 Å². The minimum absolute atomic E-state index is 0.910. The number of hydrogen-bond acceptors (Lipinski definition) is 2. The number of para-hydroxylation sites is 2. The molecule has 1 aliphatic heterocycles. The van der Waals surface area contributed by atoms with E-state index < -0.39 is 8.48 Å². The maximum absolute atomic E-state index is 7.67. The molecular weight excluding hydrogens is 527 g/mol. The first-order valence-electron chi connectivity index (χ1n) is 14.4. The van der Waals surface area contributed by atoms with Gasteiger partial charge >= 0.3 is 8.48 Å². The fourth-order valence-electron chi connectivity index (χ4n) is 6.48. The molecular formula is C39H29NOSi. The molecule has 0 atom stereocenters. The Hall–Kier alpha value is -5.12. The van der Waals surface area contributed by atoms with E-state index in [1.807, 2.05) is 0 Å². The van der Waals surface area contributed by atoms with Gasteiger partial charge in [0, 0.05) is 32.9 Å². The highest BCUT2D eigenvalue weighted by atomic mass is 28.4. The van der Waals surface area contributed by atoms with Crippen molar-refractivity contribution in [1.82, 2.24) is 0 Å². The minimum atomic E-state index is -3.28. The van der Waals surface area contributed by atoms with Gasteiger partial charge in [0.2, 0.25) is 0 Å². The van der Waals surface area contributed by atoms with Crippen LogP contribution in [0.15, 0.2) is 158 Å². The fraction of sp³-hybridized carbons (Fsp3) is 0.0256. The monoisotopic (exact) mass is 555 g/mol. The van der Waals surface area contributed by atoms with E-state index in [9.17, 15) is 0 Å². The van der Waals surface area contributed by atoms with Crippen LogP contribution in [0, 0.1) is 6.92 Å². The lowest BCUT2D eigenvalue weighted by atomic mass is 10.0. The van der Waals surface area contributed by atoms with Gasteiger partial charge in [-0.2, -0.15) is 0 Å². The van der Waals surface area contributed by atoms with Crippen molar-refractivity contribution in [3.05, 3.63) is 163 Å². The van der Waals surface area contributed by atoms with Gasteiger partial charge in [-0.1, -0.05) is 121 Å². The van der Waals surface area contributed by atoms with Crippen molar-refractivity contribution in [2.24, 2.45) is 0 Å². The van der Waals surface area contributed by atoms with Gasteiger partial charge in [-0.3, -0.25) is 0 Å². The Balaban J connectivity index is 1.55. The third kappa shape index (κ3) is 3.86. The highest BCUT2D eigenvalue weighted by Crippen LogP contribution is 2.46. The van der Waals surface area contributed by atoms with E-state index in [4.69, 9.17) is 4.43 Å². The summed E-state index contributed by atoms with van der Waals surface area (Å²) >= 11 is 0. The maximum Gasteiger partial charge on any atom is 0.433 e. The lowest BCUT2D eigenvalue weighted by molar-refractivity contribution is 0.567. The van der Waals surface area contributed by atoms with E-state index in [1.165, 1.54) is 43.0 Å². The summed E-state index contributed by atoms with van der Waals surface area (Å²) in [6.07, 6.45) is 0. The molecule has 0 bridgehead atoms. The minimum Gasteiger partial charge on any atom is -0.518 e. The highest BCUT2D eigenvalue weighted by molar-refractivity contribution is 7.01. The molecule has 0 unspecified atom stereocenters. The van der Waals surface area contributed by atoms with Crippen molar-refractivity contribution < 1.29 is 4.43 Å². The Morgan fingerprint density at radius 1 is 0.476 bits per heavy atom. The van der Waals surface area contributed by atoms with Gasteiger partial charge in [-0.05, 0) is 70.4 Å². The molecule has 0 aromatic heterocycles. The lowest BCUT2D eigenvalue weighted by Gasteiger charge is -2.42. The SMILES string of the molecule is Cc1cccc(N2c3ccccc3-c3ccccc3O[Si]2(c2ccc3ccccc3c2)c2ccc3ccccc3c2)c1. The van der Waals surface area contributed by atoms with E-state index in [0.717, 1.165) is 22.7 Å². The zero-order valence-corrected chi connectivity index (χ0v) is 24.4. The number of rotatable bonds is 3. The molecule has 0 saturated carbocycles. The van der Waals surface area contributed by atoms with Crippen LogP contribution in [0.4, 0.5) is 11.4 Å². The van der Waals surface area contributed by atoms with Gasteiger partial charge < -0.3 is 8.99 Å². The second kappa shape index (κ2) is 9.76. The van der Waals surface area contributed by atoms with Gasteiger partial charge in [0.05, 0.1) is 0 Å². The first-order valence-corrected chi connectivity index (χ1v) is 16.3. The van der Waals surface area contributed by atoms with Crippen LogP contribution in [0.5, 0.6) is 5.75 Å². The van der Waals surface area contributed by atoms with E-state index >= 15 is 0 Å². The Bertz CT molecular complexity index is 2040. The number of hydrogen-bond donors (Lipinski definition) is 0. The van der Waals surface area contributed by atoms with Crippen molar-refractivity contribution in [2.45, 2.75) is 6.92 Å². The number of benzene rings is 7. The average Bonchev–Trinajstić information content (AvgIpc) is 3.17. The molecule has 1 heterocycles. The first-order chi connectivity index (χ1) is 20.7. The largest absolute Gasteiger partial charge is 0.518 e. The van der Waals surface area contributed by atoms with Crippen LogP contribution in [0.25, 0.3) is 32.7 Å². The average molecular weight is 556 g/mol. The first kappa shape index (κ1) is 24.7. The molecule has 0 radical (unpaired) electrons. The van der Waals surface area contributed by atoms with E-state index in [2.05, 4.69) is 169 Å². The van der Waals surface area contributed by atoms with E-state index in [0.29, 0.717) is 0 Å². The van der Waals surface area contributed by atoms with Crippen molar-refractivity contribution in [1.29, 1.82) is 0 Å². The van der Waals surface area contributed by atoms with E-state index in [1.54, 1.807) is 0 Å². The Morgan fingerprint density at radius 3 is 1.71 bits per heavy atom. The van der Waals surface area contributed by atoms with Crippen LogP contribution < -0.4 is 19.4 Å². The second-order valence-corrected chi connectivity index (χ2v) is 14.2. The maximum atomic E-state index is 7.67. The number of nitrogens with zero attached hydrogens (tertiary/aromatic N) is 1. The third-order valence-corrected chi connectivity index (χ3v) is 12.3. The van der Waals surface area contributed by atoms with Gasteiger partial charge in [0.1, 0.15) is 5.75 Å². The molecule has 0 amide bonds. The Morgan fingerprint density at radius 2 is 1.05 bits per heavy atom. The number of anilines is 2. The topological polar surface area (TPSA) is 12.5 Å². The second-order valence-electron chi connectivity index (χ2n) is 11.1. The summed E-state index contributed by atoms with van der Waals surface area (Å²) in [6, 6.07) is 57.1. The van der Waals surface area contributed by atoms with Crippen LogP contribution in [-0.2, 0) is 0 Å². The molecule has 0 saturated heterocycles. The van der Waals surface area contributed by atoms with Crippen molar-refractivity contribution in [3.63, 3.8) is 0 Å². The fourth-order valence-corrected chi connectivity index (χ4v) is 10.5. The van der Waals surface area contributed by atoms with Gasteiger partial charge in [0.15, 0.2) is 0 Å². The van der Waals surface area contributed by atoms with Crippen LogP contribution in [-0.4, -0.2) is 8.48 Å². The molecule has 3 heteroatoms. The van der Waals surface area contributed by atoms with Crippen molar-refractivity contribution in [2.75, 3.05) is 4.57 Å². The molecule has 2 nitrogen and oxygen atoms in total. The van der Waals surface area contributed by atoms with Crippen LogP contribution >= 0.6 is 0 Å². The molecule has 200 valence electrons. The van der Waals surface area contributed by atoms with Crippen molar-refractivity contribution >= 4 is 51.8 Å². The van der Waals surface area contributed by atoms with E-state index in [-0.39, 0.29) is 0 Å². The summed E-state index contributed by atoms with van der Waals surface area (Å²) < 4.78 is 10.2. The zero-order chi connectivity index (χ0) is 28.1. The smallest absolute Gasteiger partial charge is 0.433 e. The predicted octanol–water partition coefficient (Wildman–Crippen LogP) is 8.76. The molecule has 42 heavy (non-hydrogen) atoms. The quantitative estimate of drug-likeness (QED) is 0.202. The molecule has 0 aliphatic carbocycles. The molecule has 8 rings (SSSR count). The number of fused-ring (bicyclic) bond motifs is 5. The summed E-state index contributed by atoms with van der Waals surface area (Å²) in [5.41, 5.74) is 5.78. The summed E-state index contributed by atoms with van der Waals surface area (Å²) in [5, 5.41) is 7.26. The lowest BCUT2D eigenvalue weighted by Crippen LogP contribution is -2.73. The normalized spacial score (nSPS) is 13.7. The van der Waals surface area contributed by atoms with Crippen LogP contribution in [0.3, 0.4) is 0 Å². The third-order valence-electron chi connectivity index (χ3n) is 8.44. The molecule has 0 spiro atoms. The molecule has 0 N–H and O–H groups in total. The predicted molar refractivity (Wildman–Crippen MR) is 179 cm³/mol. The summed E-state index contributed by atoms with van der Waals surface area (Å²) in [7, 11) is -3.28. The highest BCUT2D eigenvalue weighted by Gasteiger charge is 2.52. The molecule has 0 fully saturated rings. The summed E-state index contributed by atoms with van der Waals surface area (Å²) in [6.45, 7) is 2.16. The van der Waals surface area contributed by atoms with Crippen molar-refractivity contribution in [3.8, 4) is 16.9 Å². The molecule has 1 aliphatic rings. The standard InChI is InChI=1S/C39H29NOSi/c1-28-11-10-16-33(25-28)40-38-19-8-6-17-36(38)37-18-7-9-20-39(37)41-42(40,34-23-21-29-12-2-4-14-31(29)26-34)35-24-22-30-13-3-5-15-32(30)27-35/h2-27H,1H3. The van der Waals surface area contributed by atoms with Gasteiger partial charge in [0.25, 0.3) is 0 Å². The van der Waals surface area contributed by atoms with Crippen LogP contribution in [0.1, 0.15) is 5.56 Å². The van der Waals surface area contributed by atoms with Gasteiger partial charge in [-0.25, -0.2) is 0 Å². The number of aryl methyl sites for hydroxylation is 1.